The number of morpholine rings is 1. The molecule has 0 bridgehead atoms. The SMILES string of the molecule is CC1CC(C(=O)O)CN(C(=O)Nc2cc(F)c(F)cc2N2CCOCC2)C1. The number of piperidine rings is 1. The summed E-state index contributed by atoms with van der Waals surface area (Å²) >= 11 is 0. The van der Waals surface area contributed by atoms with Gasteiger partial charge in [0, 0.05) is 38.3 Å². The van der Waals surface area contributed by atoms with Gasteiger partial charge in [-0.25, -0.2) is 13.6 Å². The van der Waals surface area contributed by atoms with Gasteiger partial charge < -0.3 is 25.0 Å². The summed E-state index contributed by atoms with van der Waals surface area (Å²) in [6, 6.07) is 1.50. The molecule has 9 heteroatoms. The quantitative estimate of drug-likeness (QED) is 0.838. The number of carbonyl (C=O) groups excluding carboxylic acids is 1. The highest BCUT2D eigenvalue weighted by molar-refractivity contribution is 5.93. The molecular formula is C18H23F2N3O4. The van der Waals surface area contributed by atoms with Gasteiger partial charge in [-0.15, -0.1) is 0 Å². The predicted molar refractivity (Wildman–Crippen MR) is 94.9 cm³/mol. The van der Waals surface area contributed by atoms with E-state index in [2.05, 4.69) is 5.32 Å². The minimum Gasteiger partial charge on any atom is -0.481 e. The number of halogens is 2. The van der Waals surface area contributed by atoms with Crippen LogP contribution in [0.5, 0.6) is 0 Å². The number of carbonyl (C=O) groups is 2. The molecule has 2 heterocycles. The number of rotatable bonds is 3. The number of hydrogen-bond donors (Lipinski definition) is 2. The Labute approximate surface area is 155 Å². The van der Waals surface area contributed by atoms with Crippen LogP contribution in [-0.4, -0.2) is 61.4 Å². The van der Waals surface area contributed by atoms with E-state index < -0.39 is 29.6 Å². The number of aliphatic carboxylic acids is 1. The first-order chi connectivity index (χ1) is 12.8. The Bertz CT molecular complexity index is 725. The molecule has 1 aromatic carbocycles. The van der Waals surface area contributed by atoms with Gasteiger partial charge in [-0.1, -0.05) is 6.92 Å². The van der Waals surface area contributed by atoms with Crippen molar-refractivity contribution in [3.63, 3.8) is 0 Å². The van der Waals surface area contributed by atoms with E-state index in [0.29, 0.717) is 45.0 Å². The Balaban J connectivity index is 1.80. The van der Waals surface area contributed by atoms with Crippen molar-refractivity contribution in [1.82, 2.24) is 4.90 Å². The van der Waals surface area contributed by atoms with E-state index in [1.807, 2.05) is 11.8 Å². The maximum Gasteiger partial charge on any atom is 0.321 e. The van der Waals surface area contributed by atoms with Crippen molar-refractivity contribution in [2.75, 3.05) is 49.6 Å². The molecule has 0 aromatic heterocycles. The van der Waals surface area contributed by atoms with Crippen molar-refractivity contribution in [2.45, 2.75) is 13.3 Å². The maximum absolute atomic E-state index is 13.8. The van der Waals surface area contributed by atoms with Gasteiger partial charge >= 0.3 is 12.0 Å². The Morgan fingerprint density at radius 2 is 1.85 bits per heavy atom. The minimum absolute atomic E-state index is 0.0364. The van der Waals surface area contributed by atoms with Crippen LogP contribution in [0, 0.1) is 23.5 Å². The van der Waals surface area contributed by atoms with Gasteiger partial charge in [-0.3, -0.25) is 4.79 Å². The van der Waals surface area contributed by atoms with Crippen molar-refractivity contribution in [3.05, 3.63) is 23.8 Å². The number of urea groups is 1. The zero-order chi connectivity index (χ0) is 19.6. The van der Waals surface area contributed by atoms with Gasteiger partial charge in [0.1, 0.15) is 0 Å². The third-order valence-electron chi connectivity index (χ3n) is 4.93. The molecule has 0 spiro atoms. The summed E-state index contributed by atoms with van der Waals surface area (Å²) < 4.78 is 32.8. The number of likely N-dealkylation sites (tertiary alicyclic amines) is 1. The van der Waals surface area contributed by atoms with Crippen LogP contribution in [0.1, 0.15) is 13.3 Å². The van der Waals surface area contributed by atoms with Crippen LogP contribution in [0.15, 0.2) is 12.1 Å². The van der Waals surface area contributed by atoms with E-state index in [1.165, 1.54) is 4.90 Å². The second kappa shape index (κ2) is 8.08. The molecule has 2 N–H and O–H groups in total. The standard InChI is InChI=1S/C18H23F2N3O4/c1-11-6-12(17(24)25)10-23(9-11)18(26)21-15-7-13(19)14(20)8-16(15)22-2-4-27-5-3-22/h7-8,11-12H,2-6,9-10H2,1H3,(H,21,26)(H,24,25). The fourth-order valence-electron chi connectivity index (χ4n) is 3.59. The van der Waals surface area contributed by atoms with E-state index in [0.717, 1.165) is 12.1 Å². The van der Waals surface area contributed by atoms with Crippen LogP contribution in [-0.2, 0) is 9.53 Å². The highest BCUT2D eigenvalue weighted by Crippen LogP contribution is 2.30. The third-order valence-corrected chi connectivity index (χ3v) is 4.93. The first-order valence-corrected chi connectivity index (χ1v) is 8.95. The van der Waals surface area contributed by atoms with Crippen molar-refractivity contribution in [1.29, 1.82) is 0 Å². The van der Waals surface area contributed by atoms with Gasteiger partial charge in [0.05, 0.1) is 30.5 Å². The summed E-state index contributed by atoms with van der Waals surface area (Å²) in [7, 11) is 0. The van der Waals surface area contributed by atoms with E-state index in [9.17, 15) is 23.5 Å². The van der Waals surface area contributed by atoms with Crippen LogP contribution in [0.3, 0.4) is 0 Å². The van der Waals surface area contributed by atoms with Crippen LogP contribution in [0.2, 0.25) is 0 Å². The Morgan fingerprint density at radius 1 is 1.19 bits per heavy atom. The number of amides is 2. The lowest BCUT2D eigenvalue weighted by molar-refractivity contribution is -0.143. The Kier molecular flexibility index (Phi) is 5.79. The summed E-state index contributed by atoms with van der Waals surface area (Å²) in [6.45, 7) is 4.28. The molecule has 0 saturated carbocycles. The predicted octanol–water partition coefficient (Wildman–Crippen LogP) is 2.38. The zero-order valence-corrected chi connectivity index (χ0v) is 15.1. The van der Waals surface area contributed by atoms with Gasteiger partial charge in [0.15, 0.2) is 11.6 Å². The van der Waals surface area contributed by atoms with Gasteiger partial charge in [0.2, 0.25) is 0 Å². The lowest BCUT2D eigenvalue weighted by atomic mass is 9.91. The second-order valence-corrected chi connectivity index (χ2v) is 7.09. The van der Waals surface area contributed by atoms with Crippen molar-refractivity contribution in [2.24, 2.45) is 11.8 Å². The largest absolute Gasteiger partial charge is 0.481 e. The lowest BCUT2D eigenvalue weighted by Gasteiger charge is -2.35. The molecule has 7 nitrogen and oxygen atoms in total. The average molecular weight is 383 g/mol. The highest BCUT2D eigenvalue weighted by Gasteiger charge is 2.32. The molecule has 2 saturated heterocycles. The molecule has 27 heavy (non-hydrogen) atoms. The Morgan fingerprint density at radius 3 is 2.52 bits per heavy atom. The molecule has 3 rings (SSSR count). The Hall–Kier alpha value is -2.42. The summed E-state index contributed by atoms with van der Waals surface area (Å²) in [5.41, 5.74) is 0.538. The first-order valence-electron chi connectivity index (χ1n) is 8.95. The van der Waals surface area contributed by atoms with Gasteiger partial charge in [0.25, 0.3) is 0 Å². The molecule has 2 unspecified atom stereocenters. The summed E-state index contributed by atoms with van der Waals surface area (Å²) in [6.07, 6.45) is 0.503. The number of hydrogen-bond acceptors (Lipinski definition) is 4. The second-order valence-electron chi connectivity index (χ2n) is 7.09. The van der Waals surface area contributed by atoms with Crippen LogP contribution in [0.4, 0.5) is 25.0 Å². The molecule has 148 valence electrons. The molecule has 2 aliphatic rings. The fraction of sp³-hybridized carbons (Fsp3) is 0.556. The normalized spacial score (nSPS) is 23.2. The fourth-order valence-corrected chi connectivity index (χ4v) is 3.59. The number of anilines is 2. The number of nitrogens with zero attached hydrogens (tertiary/aromatic N) is 2. The molecule has 2 aliphatic heterocycles. The molecule has 1 aromatic rings. The van der Waals surface area contributed by atoms with Crippen LogP contribution >= 0.6 is 0 Å². The highest BCUT2D eigenvalue weighted by atomic mass is 19.2. The smallest absolute Gasteiger partial charge is 0.321 e. The summed E-state index contributed by atoms with van der Waals surface area (Å²) in [4.78, 5) is 27.2. The summed E-state index contributed by atoms with van der Waals surface area (Å²) in [5, 5.41) is 11.9. The molecule has 2 atom stereocenters. The van der Waals surface area contributed by atoms with Gasteiger partial charge in [-0.05, 0) is 12.3 Å². The first kappa shape index (κ1) is 19.3. The summed E-state index contributed by atoms with van der Waals surface area (Å²) in [5.74, 6) is -3.59. The van der Waals surface area contributed by atoms with E-state index in [1.54, 1.807) is 0 Å². The van der Waals surface area contributed by atoms with E-state index in [-0.39, 0.29) is 18.2 Å². The van der Waals surface area contributed by atoms with Gasteiger partial charge in [-0.2, -0.15) is 0 Å². The van der Waals surface area contributed by atoms with Crippen molar-refractivity contribution in [3.8, 4) is 0 Å². The number of benzene rings is 1. The molecule has 2 amide bonds. The number of carboxylic acids is 1. The number of ether oxygens (including phenoxy) is 1. The lowest BCUT2D eigenvalue weighted by Crippen LogP contribution is -2.47. The monoisotopic (exact) mass is 383 g/mol. The van der Waals surface area contributed by atoms with Crippen LogP contribution in [0.25, 0.3) is 0 Å². The van der Waals surface area contributed by atoms with Crippen molar-refractivity contribution < 1.29 is 28.2 Å². The maximum atomic E-state index is 13.8. The topological polar surface area (TPSA) is 82.1 Å². The van der Waals surface area contributed by atoms with E-state index in [4.69, 9.17) is 4.74 Å². The number of carboxylic acid groups (broad SMARTS) is 1. The van der Waals surface area contributed by atoms with Crippen LogP contribution < -0.4 is 10.2 Å². The van der Waals surface area contributed by atoms with E-state index >= 15 is 0 Å². The average Bonchev–Trinajstić information content (AvgIpc) is 2.64. The third kappa shape index (κ3) is 4.47. The molecule has 0 radical (unpaired) electrons. The van der Waals surface area contributed by atoms with Crippen molar-refractivity contribution >= 4 is 23.4 Å². The zero-order valence-electron chi connectivity index (χ0n) is 15.1. The molecule has 0 aliphatic carbocycles. The molecular weight excluding hydrogens is 360 g/mol. The molecule has 2 fully saturated rings. The number of nitrogens with one attached hydrogen (secondary N) is 1. The minimum atomic E-state index is -1.06.